The van der Waals surface area contributed by atoms with Gasteiger partial charge in [0, 0.05) is 5.56 Å². The van der Waals surface area contributed by atoms with E-state index in [1.54, 1.807) is 0 Å². The maximum atomic E-state index is 11.2. The molecule has 0 radical (unpaired) electrons. The fraction of sp³-hybridized carbons (Fsp3) is 0.417. The van der Waals surface area contributed by atoms with Gasteiger partial charge < -0.3 is 0 Å². The predicted octanol–water partition coefficient (Wildman–Crippen LogP) is 3.72. The first-order chi connectivity index (χ1) is 6.79. The highest BCUT2D eigenvalue weighted by molar-refractivity contribution is 6.67. The minimum absolute atomic E-state index is 0.326. The Kier molecular flexibility index (Phi) is 2.87. The zero-order valence-electron chi connectivity index (χ0n) is 8.00. The van der Waals surface area contributed by atoms with Crippen molar-refractivity contribution in [1.29, 1.82) is 0 Å². The number of carbonyl (C=O) groups is 1. The van der Waals surface area contributed by atoms with Gasteiger partial charge in [-0.3, -0.25) is 4.79 Å². The zero-order valence-corrected chi connectivity index (χ0v) is 8.76. The molecule has 0 aliphatic heterocycles. The molecular weight excluding hydrogens is 196 g/mol. The van der Waals surface area contributed by atoms with E-state index >= 15 is 0 Å². The summed E-state index contributed by atoms with van der Waals surface area (Å²) in [5.74, 6) is 0.550. The van der Waals surface area contributed by atoms with E-state index < -0.39 is 0 Å². The largest absolute Gasteiger partial charge is 0.276 e. The van der Waals surface area contributed by atoms with E-state index in [9.17, 15) is 4.79 Å². The second-order valence-electron chi connectivity index (χ2n) is 3.84. The molecule has 74 valence electrons. The first kappa shape index (κ1) is 9.72. The first-order valence-electron chi connectivity index (χ1n) is 5.08. The lowest BCUT2D eigenvalue weighted by atomic mass is 9.93. The quantitative estimate of drug-likeness (QED) is 0.677. The van der Waals surface area contributed by atoms with Crippen molar-refractivity contribution in [3.05, 3.63) is 35.4 Å². The fourth-order valence-electron chi connectivity index (χ4n) is 2.27. The molecule has 1 saturated carbocycles. The van der Waals surface area contributed by atoms with Gasteiger partial charge in [0.05, 0.1) is 0 Å². The van der Waals surface area contributed by atoms with Crippen molar-refractivity contribution in [2.24, 2.45) is 0 Å². The van der Waals surface area contributed by atoms with Crippen molar-refractivity contribution in [2.75, 3.05) is 0 Å². The average molecular weight is 209 g/mol. The molecule has 1 aliphatic rings. The van der Waals surface area contributed by atoms with E-state index in [-0.39, 0.29) is 5.24 Å². The van der Waals surface area contributed by atoms with Gasteiger partial charge >= 0.3 is 0 Å². The Morgan fingerprint density at radius 1 is 1.21 bits per heavy atom. The summed E-state index contributed by atoms with van der Waals surface area (Å²) >= 11 is 5.55. The molecule has 0 aromatic heterocycles. The fourth-order valence-corrected chi connectivity index (χ4v) is 2.44. The Bertz CT molecular complexity index is 340. The van der Waals surface area contributed by atoms with E-state index in [0.717, 1.165) is 5.56 Å². The summed E-state index contributed by atoms with van der Waals surface area (Å²) in [7, 11) is 0. The van der Waals surface area contributed by atoms with Gasteiger partial charge in [-0.25, -0.2) is 0 Å². The monoisotopic (exact) mass is 208 g/mol. The van der Waals surface area contributed by atoms with Crippen LogP contribution in [0.3, 0.4) is 0 Å². The summed E-state index contributed by atoms with van der Waals surface area (Å²) in [5, 5.41) is -0.326. The first-order valence-corrected chi connectivity index (χ1v) is 5.45. The van der Waals surface area contributed by atoms with Crippen LogP contribution in [0, 0.1) is 0 Å². The summed E-state index contributed by atoms with van der Waals surface area (Å²) in [4.78, 5) is 11.2. The van der Waals surface area contributed by atoms with Crippen LogP contribution in [0.25, 0.3) is 0 Å². The topological polar surface area (TPSA) is 17.1 Å². The molecule has 1 nitrogen and oxygen atoms in total. The third-order valence-electron chi connectivity index (χ3n) is 2.97. The number of hydrogen-bond acceptors (Lipinski definition) is 1. The van der Waals surface area contributed by atoms with E-state index in [2.05, 4.69) is 0 Å². The smallest absolute Gasteiger partial charge is 0.252 e. The molecule has 0 heterocycles. The zero-order chi connectivity index (χ0) is 9.97. The Labute approximate surface area is 89.1 Å². The minimum Gasteiger partial charge on any atom is -0.276 e. The predicted molar refractivity (Wildman–Crippen MR) is 57.8 cm³/mol. The Morgan fingerprint density at radius 3 is 2.50 bits per heavy atom. The van der Waals surface area contributed by atoms with Crippen LogP contribution in [0.4, 0.5) is 0 Å². The van der Waals surface area contributed by atoms with Gasteiger partial charge in [0.15, 0.2) is 0 Å². The molecule has 0 N–H and O–H groups in total. The normalized spacial score (nSPS) is 17.2. The molecule has 0 unspecified atom stereocenters. The van der Waals surface area contributed by atoms with Crippen LogP contribution in [-0.2, 0) is 0 Å². The van der Waals surface area contributed by atoms with Crippen LogP contribution < -0.4 is 0 Å². The highest BCUT2D eigenvalue weighted by Crippen LogP contribution is 2.35. The lowest BCUT2D eigenvalue weighted by molar-refractivity contribution is 0.108. The van der Waals surface area contributed by atoms with Gasteiger partial charge in [0.2, 0.25) is 0 Å². The number of hydrogen-bond donors (Lipinski definition) is 0. The lowest BCUT2D eigenvalue weighted by Crippen LogP contribution is -2.01. The number of rotatable bonds is 2. The molecule has 1 fully saturated rings. The average Bonchev–Trinajstić information content (AvgIpc) is 2.70. The molecule has 2 rings (SSSR count). The van der Waals surface area contributed by atoms with E-state index in [0.29, 0.717) is 11.5 Å². The number of halogens is 1. The van der Waals surface area contributed by atoms with Crippen molar-refractivity contribution >= 4 is 16.8 Å². The molecule has 1 aliphatic carbocycles. The van der Waals surface area contributed by atoms with Gasteiger partial charge in [-0.1, -0.05) is 31.0 Å². The van der Waals surface area contributed by atoms with Crippen LogP contribution in [0.15, 0.2) is 24.3 Å². The molecule has 2 heteroatoms. The third-order valence-corrected chi connectivity index (χ3v) is 3.17. The molecule has 0 bridgehead atoms. The van der Waals surface area contributed by atoms with Crippen molar-refractivity contribution in [3.8, 4) is 0 Å². The number of carbonyl (C=O) groups excluding carboxylic acids is 1. The standard InChI is InChI=1S/C12H13ClO/c13-12(14)11-8-4-3-7-10(11)9-5-1-2-6-9/h3-4,7-9H,1-2,5-6H2. The second kappa shape index (κ2) is 4.14. The van der Waals surface area contributed by atoms with Crippen LogP contribution in [0.2, 0.25) is 0 Å². The molecule has 1 aromatic rings. The van der Waals surface area contributed by atoms with Gasteiger partial charge in [-0.05, 0) is 42.0 Å². The van der Waals surface area contributed by atoms with Crippen molar-refractivity contribution in [3.63, 3.8) is 0 Å². The molecule has 0 amide bonds. The summed E-state index contributed by atoms with van der Waals surface area (Å²) in [6, 6.07) is 7.71. The number of benzene rings is 1. The lowest BCUT2D eigenvalue weighted by Gasteiger charge is -2.12. The van der Waals surface area contributed by atoms with Gasteiger partial charge in [0.1, 0.15) is 0 Å². The minimum atomic E-state index is -0.326. The van der Waals surface area contributed by atoms with E-state index in [1.807, 2.05) is 24.3 Å². The molecule has 14 heavy (non-hydrogen) atoms. The second-order valence-corrected chi connectivity index (χ2v) is 4.19. The van der Waals surface area contributed by atoms with Crippen LogP contribution in [0.1, 0.15) is 47.5 Å². The van der Waals surface area contributed by atoms with Crippen LogP contribution in [0.5, 0.6) is 0 Å². The summed E-state index contributed by atoms with van der Waals surface area (Å²) in [5.41, 5.74) is 1.84. The Morgan fingerprint density at radius 2 is 1.86 bits per heavy atom. The molecule has 0 atom stereocenters. The summed E-state index contributed by atoms with van der Waals surface area (Å²) in [6.45, 7) is 0. The Hall–Kier alpha value is -0.820. The van der Waals surface area contributed by atoms with Gasteiger partial charge in [-0.15, -0.1) is 0 Å². The summed E-state index contributed by atoms with van der Waals surface area (Å²) in [6.07, 6.45) is 4.94. The molecule has 1 aromatic carbocycles. The van der Waals surface area contributed by atoms with Gasteiger partial charge in [-0.2, -0.15) is 0 Å². The maximum absolute atomic E-state index is 11.2. The third kappa shape index (κ3) is 1.83. The highest BCUT2D eigenvalue weighted by Gasteiger charge is 2.21. The van der Waals surface area contributed by atoms with Gasteiger partial charge in [0.25, 0.3) is 5.24 Å². The molecular formula is C12H13ClO. The van der Waals surface area contributed by atoms with Crippen molar-refractivity contribution in [2.45, 2.75) is 31.6 Å². The molecule has 0 spiro atoms. The van der Waals surface area contributed by atoms with Crippen molar-refractivity contribution < 1.29 is 4.79 Å². The van der Waals surface area contributed by atoms with E-state index in [1.165, 1.54) is 25.7 Å². The van der Waals surface area contributed by atoms with Crippen LogP contribution >= 0.6 is 11.6 Å². The highest BCUT2D eigenvalue weighted by atomic mass is 35.5. The summed E-state index contributed by atoms with van der Waals surface area (Å²) < 4.78 is 0. The van der Waals surface area contributed by atoms with Crippen molar-refractivity contribution in [1.82, 2.24) is 0 Å². The van der Waals surface area contributed by atoms with Crippen LogP contribution in [-0.4, -0.2) is 5.24 Å². The SMILES string of the molecule is O=C(Cl)c1ccccc1C1CCCC1. The van der Waals surface area contributed by atoms with E-state index in [4.69, 9.17) is 11.6 Å². The Balaban J connectivity index is 2.35. The molecule has 0 saturated heterocycles. The maximum Gasteiger partial charge on any atom is 0.252 e.